The van der Waals surface area contributed by atoms with E-state index < -0.39 is 0 Å². The van der Waals surface area contributed by atoms with Crippen molar-refractivity contribution in [1.82, 2.24) is 5.32 Å². The lowest BCUT2D eigenvalue weighted by Crippen LogP contribution is -2.17. The van der Waals surface area contributed by atoms with Crippen molar-refractivity contribution in [2.24, 2.45) is 5.92 Å². The normalized spacial score (nSPS) is 10.4. The second-order valence-corrected chi connectivity index (χ2v) is 6.58. The van der Waals surface area contributed by atoms with E-state index in [0.717, 1.165) is 35.7 Å². The van der Waals surface area contributed by atoms with Gasteiger partial charge in [-0.05, 0) is 37.4 Å². The minimum atomic E-state index is 0. The van der Waals surface area contributed by atoms with Crippen LogP contribution >= 0.6 is 12.4 Å². The fourth-order valence-corrected chi connectivity index (χ4v) is 2.48. The summed E-state index contributed by atoms with van der Waals surface area (Å²) < 4.78 is 11.6. The van der Waals surface area contributed by atoms with Gasteiger partial charge in [-0.15, -0.1) is 12.4 Å². The number of hydrogen-bond acceptors (Lipinski definition) is 3. The minimum absolute atomic E-state index is 0. The van der Waals surface area contributed by atoms with Gasteiger partial charge in [-0.2, -0.15) is 0 Å². The lowest BCUT2D eigenvalue weighted by atomic mass is 10.1. The average molecular weight is 364 g/mol. The number of hydrogen-bond donors (Lipinski definition) is 1. The van der Waals surface area contributed by atoms with Crippen molar-refractivity contribution in [3.63, 3.8) is 0 Å². The number of benzene rings is 2. The summed E-state index contributed by atoms with van der Waals surface area (Å²) in [6.45, 7) is 8.90. The van der Waals surface area contributed by atoms with Gasteiger partial charge in [0.2, 0.25) is 0 Å². The second-order valence-electron chi connectivity index (χ2n) is 6.58. The predicted octanol–water partition coefficient (Wildman–Crippen LogP) is 5.14. The molecule has 3 nitrogen and oxygen atoms in total. The van der Waals surface area contributed by atoms with Crippen molar-refractivity contribution in [3.8, 4) is 11.5 Å². The molecule has 2 aromatic rings. The van der Waals surface area contributed by atoms with Gasteiger partial charge in [0, 0.05) is 12.1 Å². The fourth-order valence-electron chi connectivity index (χ4n) is 2.48. The molecular formula is C21H30ClNO2. The van der Waals surface area contributed by atoms with Crippen molar-refractivity contribution in [2.45, 2.75) is 40.3 Å². The molecule has 0 atom stereocenters. The summed E-state index contributed by atoms with van der Waals surface area (Å²) in [7, 11) is 1.68. The maximum absolute atomic E-state index is 6.10. The highest BCUT2D eigenvalue weighted by atomic mass is 35.5. The number of rotatable bonds is 9. The standard InChI is InChI=1S/C21H29NO2.ClH/c1-16(2)12-13-22-14-19-6-5-7-20(23-4)21(19)24-15-18-10-8-17(3)9-11-18;/h5-11,16,22H,12-15H2,1-4H3;1H. The van der Waals surface area contributed by atoms with Crippen LogP contribution in [0.2, 0.25) is 0 Å². The fraction of sp³-hybridized carbons (Fsp3) is 0.429. The minimum Gasteiger partial charge on any atom is -0.493 e. The van der Waals surface area contributed by atoms with Gasteiger partial charge < -0.3 is 14.8 Å². The third kappa shape index (κ3) is 6.97. The Hall–Kier alpha value is -1.71. The van der Waals surface area contributed by atoms with Crippen LogP contribution in [-0.4, -0.2) is 13.7 Å². The van der Waals surface area contributed by atoms with Crippen LogP contribution < -0.4 is 14.8 Å². The zero-order valence-electron chi connectivity index (χ0n) is 15.7. The summed E-state index contributed by atoms with van der Waals surface area (Å²) in [4.78, 5) is 0. The first-order valence-corrected chi connectivity index (χ1v) is 8.65. The maximum atomic E-state index is 6.10. The second kappa shape index (κ2) is 11.0. The Morgan fingerprint density at radius 1 is 1.04 bits per heavy atom. The van der Waals surface area contributed by atoms with Crippen molar-refractivity contribution in [1.29, 1.82) is 0 Å². The Balaban J connectivity index is 0.00000312. The van der Waals surface area contributed by atoms with E-state index in [1.165, 1.54) is 12.0 Å². The Morgan fingerprint density at radius 2 is 1.76 bits per heavy atom. The molecular weight excluding hydrogens is 334 g/mol. The summed E-state index contributed by atoms with van der Waals surface area (Å²) in [5, 5.41) is 3.49. The Kier molecular flexibility index (Phi) is 9.40. The molecule has 0 aliphatic carbocycles. The highest BCUT2D eigenvalue weighted by Crippen LogP contribution is 2.31. The van der Waals surface area contributed by atoms with Gasteiger partial charge in [-0.25, -0.2) is 0 Å². The van der Waals surface area contributed by atoms with Crippen LogP contribution in [0, 0.1) is 12.8 Å². The van der Waals surface area contributed by atoms with E-state index >= 15 is 0 Å². The molecule has 0 amide bonds. The molecule has 0 bridgehead atoms. The highest BCUT2D eigenvalue weighted by molar-refractivity contribution is 5.85. The lowest BCUT2D eigenvalue weighted by Gasteiger charge is -2.16. The number of aryl methyl sites for hydroxylation is 1. The summed E-state index contributed by atoms with van der Waals surface area (Å²) in [6, 6.07) is 14.5. The molecule has 0 fully saturated rings. The molecule has 0 unspecified atom stereocenters. The van der Waals surface area contributed by atoms with Gasteiger partial charge in [0.15, 0.2) is 11.5 Å². The molecule has 0 aliphatic rings. The third-order valence-electron chi connectivity index (χ3n) is 4.00. The number of ether oxygens (including phenoxy) is 2. The predicted molar refractivity (Wildman–Crippen MR) is 107 cm³/mol. The van der Waals surface area contributed by atoms with Gasteiger partial charge in [-0.3, -0.25) is 0 Å². The first-order chi connectivity index (χ1) is 11.6. The molecule has 4 heteroatoms. The van der Waals surface area contributed by atoms with Crippen LogP contribution in [-0.2, 0) is 13.2 Å². The molecule has 0 aliphatic heterocycles. The van der Waals surface area contributed by atoms with Crippen molar-refractivity contribution in [3.05, 3.63) is 59.2 Å². The molecule has 0 radical (unpaired) electrons. The Labute approximate surface area is 158 Å². The largest absolute Gasteiger partial charge is 0.493 e. The quantitative estimate of drug-likeness (QED) is 0.625. The average Bonchev–Trinajstić information content (AvgIpc) is 2.58. The van der Waals surface area contributed by atoms with Crippen LogP contribution in [0.4, 0.5) is 0 Å². The lowest BCUT2D eigenvalue weighted by molar-refractivity contribution is 0.280. The van der Waals surface area contributed by atoms with E-state index in [1.807, 2.05) is 12.1 Å². The van der Waals surface area contributed by atoms with Crippen molar-refractivity contribution >= 4 is 12.4 Å². The van der Waals surface area contributed by atoms with E-state index in [9.17, 15) is 0 Å². The van der Waals surface area contributed by atoms with Crippen LogP contribution in [0.1, 0.15) is 37.0 Å². The van der Waals surface area contributed by atoms with Crippen molar-refractivity contribution in [2.75, 3.05) is 13.7 Å². The van der Waals surface area contributed by atoms with E-state index in [1.54, 1.807) is 7.11 Å². The topological polar surface area (TPSA) is 30.5 Å². The van der Waals surface area contributed by atoms with Crippen LogP contribution in [0.15, 0.2) is 42.5 Å². The van der Waals surface area contributed by atoms with E-state index in [4.69, 9.17) is 9.47 Å². The molecule has 0 aromatic heterocycles. The van der Waals surface area contributed by atoms with Gasteiger partial charge in [0.05, 0.1) is 7.11 Å². The summed E-state index contributed by atoms with van der Waals surface area (Å²) in [5.41, 5.74) is 3.54. The van der Waals surface area contributed by atoms with Gasteiger partial charge in [0.25, 0.3) is 0 Å². The van der Waals surface area contributed by atoms with Crippen molar-refractivity contribution < 1.29 is 9.47 Å². The number of halogens is 1. The zero-order chi connectivity index (χ0) is 17.4. The van der Waals surface area contributed by atoms with Crippen LogP contribution in [0.5, 0.6) is 11.5 Å². The molecule has 0 heterocycles. The SMILES string of the molecule is COc1cccc(CNCCC(C)C)c1OCc1ccc(C)cc1.Cl. The summed E-state index contributed by atoms with van der Waals surface area (Å²) in [6.07, 6.45) is 1.17. The smallest absolute Gasteiger partial charge is 0.166 e. The molecule has 1 N–H and O–H groups in total. The Morgan fingerprint density at radius 3 is 2.40 bits per heavy atom. The van der Waals surface area contributed by atoms with E-state index in [-0.39, 0.29) is 12.4 Å². The molecule has 25 heavy (non-hydrogen) atoms. The molecule has 0 saturated heterocycles. The summed E-state index contributed by atoms with van der Waals surface area (Å²) >= 11 is 0. The zero-order valence-corrected chi connectivity index (χ0v) is 16.5. The molecule has 0 saturated carbocycles. The maximum Gasteiger partial charge on any atom is 0.166 e. The molecule has 138 valence electrons. The van der Waals surface area contributed by atoms with E-state index in [2.05, 4.69) is 56.4 Å². The summed E-state index contributed by atoms with van der Waals surface area (Å²) in [5.74, 6) is 2.32. The first kappa shape index (κ1) is 21.3. The molecule has 0 spiro atoms. The Bertz CT molecular complexity index is 626. The third-order valence-corrected chi connectivity index (χ3v) is 4.00. The monoisotopic (exact) mass is 363 g/mol. The molecule has 2 aromatic carbocycles. The highest BCUT2D eigenvalue weighted by Gasteiger charge is 2.11. The molecule has 2 rings (SSSR count). The first-order valence-electron chi connectivity index (χ1n) is 8.65. The number of methoxy groups -OCH3 is 1. The van der Waals surface area contributed by atoms with Gasteiger partial charge in [-0.1, -0.05) is 55.8 Å². The number of nitrogens with one attached hydrogen (secondary N) is 1. The number of para-hydroxylation sites is 1. The van der Waals surface area contributed by atoms with E-state index in [0.29, 0.717) is 12.5 Å². The van der Waals surface area contributed by atoms with Crippen LogP contribution in [0.25, 0.3) is 0 Å². The van der Waals surface area contributed by atoms with Gasteiger partial charge >= 0.3 is 0 Å². The van der Waals surface area contributed by atoms with Crippen LogP contribution in [0.3, 0.4) is 0 Å². The van der Waals surface area contributed by atoms with Gasteiger partial charge in [0.1, 0.15) is 6.61 Å².